The lowest BCUT2D eigenvalue weighted by Crippen LogP contribution is -2.54. The molecule has 10 nitrogen and oxygen atoms in total. The Hall–Kier alpha value is -2.14. The van der Waals surface area contributed by atoms with Gasteiger partial charge < -0.3 is 25.4 Å². The molecular formula is C17H32N2O8Si. The minimum absolute atomic E-state index is 0.173. The number of ether oxygens (including phenoxy) is 2. The molecule has 0 unspecified atom stereocenters. The van der Waals surface area contributed by atoms with Crippen molar-refractivity contribution in [3.63, 3.8) is 0 Å². The van der Waals surface area contributed by atoms with Crippen molar-refractivity contribution in [2.45, 2.75) is 70.6 Å². The standard InChI is InChI=1S/C17H32N2O8Si/c1-17(2,3)27-16(25)19(12(14(22)23)9-13(20)21)10-11(18)15(24)26-7-8-28(4,5)6/h11-12H,7-10,18H2,1-6H3,(H,20,21)(H,22,23)/t11-,12+/m1/s1. The van der Waals surface area contributed by atoms with Crippen LogP contribution in [0.3, 0.4) is 0 Å². The summed E-state index contributed by atoms with van der Waals surface area (Å²) in [6.45, 7) is 10.6. The number of carbonyl (C=O) groups is 4. The highest BCUT2D eigenvalue weighted by molar-refractivity contribution is 6.76. The summed E-state index contributed by atoms with van der Waals surface area (Å²) in [5, 5.41) is 18.3. The predicted molar refractivity (Wildman–Crippen MR) is 104 cm³/mol. The second-order valence-electron chi connectivity index (χ2n) is 8.67. The lowest BCUT2D eigenvalue weighted by atomic mass is 10.1. The van der Waals surface area contributed by atoms with Gasteiger partial charge in [0.15, 0.2) is 0 Å². The lowest BCUT2D eigenvalue weighted by molar-refractivity contribution is -0.151. The number of carboxylic acid groups (broad SMARTS) is 2. The van der Waals surface area contributed by atoms with Crippen LogP contribution in [-0.4, -0.2) is 78.0 Å². The third kappa shape index (κ3) is 10.9. The van der Waals surface area contributed by atoms with Gasteiger partial charge in [-0.1, -0.05) is 19.6 Å². The number of aliphatic carboxylic acids is 2. The van der Waals surface area contributed by atoms with Gasteiger partial charge >= 0.3 is 24.0 Å². The van der Waals surface area contributed by atoms with Crippen LogP contribution in [0.25, 0.3) is 0 Å². The van der Waals surface area contributed by atoms with E-state index in [1.807, 2.05) is 0 Å². The van der Waals surface area contributed by atoms with Gasteiger partial charge in [0.05, 0.1) is 19.6 Å². The van der Waals surface area contributed by atoms with Crippen molar-refractivity contribution < 1.29 is 38.9 Å². The average Bonchev–Trinajstić information content (AvgIpc) is 2.46. The summed E-state index contributed by atoms with van der Waals surface area (Å²) < 4.78 is 10.3. The number of carbonyl (C=O) groups excluding carboxylic acids is 2. The second-order valence-corrected chi connectivity index (χ2v) is 14.3. The monoisotopic (exact) mass is 420 g/mol. The SMILES string of the molecule is CC(C)(C)OC(=O)N(C[C@@H](N)C(=O)OCC[Si](C)(C)C)[C@@H](CC(=O)O)C(=O)O. The van der Waals surface area contributed by atoms with Crippen LogP contribution >= 0.6 is 0 Å². The van der Waals surface area contributed by atoms with Crippen LogP contribution in [0, 0.1) is 0 Å². The molecule has 0 aromatic heterocycles. The molecule has 162 valence electrons. The Labute approximate surface area is 166 Å². The third-order valence-electron chi connectivity index (χ3n) is 3.45. The Kier molecular flexibility index (Phi) is 9.62. The van der Waals surface area contributed by atoms with Gasteiger partial charge in [-0.15, -0.1) is 0 Å². The highest BCUT2D eigenvalue weighted by atomic mass is 28.3. The van der Waals surface area contributed by atoms with Crippen molar-refractivity contribution in [3.05, 3.63) is 0 Å². The zero-order valence-corrected chi connectivity index (χ0v) is 18.4. The van der Waals surface area contributed by atoms with E-state index in [0.717, 1.165) is 6.04 Å². The number of nitrogens with two attached hydrogens (primary N) is 1. The van der Waals surface area contributed by atoms with Gasteiger partial charge in [0.2, 0.25) is 0 Å². The normalized spacial score (nSPS) is 14.0. The van der Waals surface area contributed by atoms with E-state index >= 15 is 0 Å². The van der Waals surface area contributed by atoms with Gasteiger partial charge in [-0.05, 0) is 26.8 Å². The van der Waals surface area contributed by atoms with Gasteiger partial charge in [-0.25, -0.2) is 9.59 Å². The molecule has 0 spiro atoms. The Morgan fingerprint density at radius 2 is 1.64 bits per heavy atom. The Morgan fingerprint density at radius 1 is 1.11 bits per heavy atom. The average molecular weight is 421 g/mol. The molecule has 0 saturated heterocycles. The van der Waals surface area contributed by atoms with E-state index < -0.39 is 62.7 Å². The molecule has 0 aliphatic heterocycles. The number of carboxylic acids is 2. The van der Waals surface area contributed by atoms with Gasteiger partial charge in [-0.2, -0.15) is 0 Å². The maximum Gasteiger partial charge on any atom is 0.411 e. The van der Waals surface area contributed by atoms with Crippen molar-refractivity contribution in [1.82, 2.24) is 4.90 Å². The first-order chi connectivity index (χ1) is 12.5. The lowest BCUT2D eigenvalue weighted by Gasteiger charge is -2.32. The van der Waals surface area contributed by atoms with Crippen LogP contribution in [0.15, 0.2) is 0 Å². The molecule has 28 heavy (non-hydrogen) atoms. The van der Waals surface area contributed by atoms with E-state index in [2.05, 4.69) is 19.6 Å². The molecule has 1 amide bonds. The molecule has 0 heterocycles. The fourth-order valence-electron chi connectivity index (χ4n) is 2.00. The first-order valence-electron chi connectivity index (χ1n) is 8.90. The zero-order valence-electron chi connectivity index (χ0n) is 17.4. The molecule has 0 radical (unpaired) electrons. The highest BCUT2D eigenvalue weighted by Crippen LogP contribution is 2.15. The van der Waals surface area contributed by atoms with Crippen LogP contribution in [0.4, 0.5) is 4.79 Å². The van der Waals surface area contributed by atoms with Crippen molar-refractivity contribution in [2.75, 3.05) is 13.2 Å². The number of hydrogen-bond donors (Lipinski definition) is 3. The molecule has 0 aliphatic carbocycles. The largest absolute Gasteiger partial charge is 0.481 e. The zero-order chi connectivity index (χ0) is 22.3. The summed E-state index contributed by atoms with van der Waals surface area (Å²) >= 11 is 0. The number of amides is 1. The van der Waals surface area contributed by atoms with Crippen LogP contribution in [-0.2, 0) is 23.9 Å². The molecule has 0 bridgehead atoms. The molecule has 2 atom stereocenters. The van der Waals surface area contributed by atoms with Crippen molar-refractivity contribution >= 4 is 32.1 Å². The number of esters is 1. The number of hydrogen-bond acceptors (Lipinski definition) is 7. The van der Waals surface area contributed by atoms with E-state index in [4.69, 9.17) is 20.3 Å². The van der Waals surface area contributed by atoms with Crippen molar-refractivity contribution in [3.8, 4) is 0 Å². The van der Waals surface area contributed by atoms with Crippen LogP contribution in [0.2, 0.25) is 25.7 Å². The summed E-state index contributed by atoms with van der Waals surface area (Å²) in [6.07, 6.45) is -1.95. The minimum Gasteiger partial charge on any atom is -0.481 e. The Bertz CT molecular complexity index is 583. The third-order valence-corrected chi connectivity index (χ3v) is 5.15. The summed E-state index contributed by atoms with van der Waals surface area (Å²) in [5.74, 6) is -3.77. The highest BCUT2D eigenvalue weighted by Gasteiger charge is 2.37. The fraction of sp³-hybridized carbons (Fsp3) is 0.765. The summed E-state index contributed by atoms with van der Waals surface area (Å²) in [6, 6.07) is -2.36. The fourth-order valence-corrected chi connectivity index (χ4v) is 2.71. The molecule has 0 saturated carbocycles. The summed E-state index contributed by atoms with van der Waals surface area (Å²) in [4.78, 5) is 47.7. The topological polar surface area (TPSA) is 156 Å². The molecule has 0 aromatic carbocycles. The Morgan fingerprint density at radius 3 is 2.04 bits per heavy atom. The minimum atomic E-state index is -1.74. The molecule has 11 heteroatoms. The first-order valence-corrected chi connectivity index (χ1v) is 12.6. The molecule has 0 aromatic rings. The first kappa shape index (κ1) is 25.9. The van der Waals surface area contributed by atoms with E-state index in [1.54, 1.807) is 20.8 Å². The van der Waals surface area contributed by atoms with E-state index in [0.29, 0.717) is 4.90 Å². The van der Waals surface area contributed by atoms with E-state index in [1.165, 1.54) is 0 Å². The predicted octanol–water partition coefficient (Wildman–Crippen LogP) is 1.36. The van der Waals surface area contributed by atoms with E-state index in [9.17, 15) is 24.3 Å². The van der Waals surface area contributed by atoms with Crippen LogP contribution in [0.5, 0.6) is 0 Å². The van der Waals surface area contributed by atoms with Crippen LogP contribution < -0.4 is 5.73 Å². The van der Waals surface area contributed by atoms with E-state index in [-0.39, 0.29) is 6.61 Å². The maximum absolute atomic E-state index is 12.4. The van der Waals surface area contributed by atoms with Gasteiger partial charge in [0.25, 0.3) is 0 Å². The summed E-state index contributed by atoms with van der Waals surface area (Å²) in [7, 11) is -1.43. The molecular weight excluding hydrogens is 388 g/mol. The molecule has 4 N–H and O–H groups in total. The number of nitrogens with zero attached hydrogens (tertiary/aromatic N) is 1. The van der Waals surface area contributed by atoms with Crippen molar-refractivity contribution in [1.29, 1.82) is 0 Å². The Balaban J connectivity index is 5.33. The summed E-state index contributed by atoms with van der Waals surface area (Å²) in [5.41, 5.74) is 4.83. The quantitative estimate of drug-likeness (QED) is 0.350. The van der Waals surface area contributed by atoms with Gasteiger partial charge in [0.1, 0.15) is 17.7 Å². The molecule has 0 aliphatic rings. The van der Waals surface area contributed by atoms with Crippen LogP contribution in [0.1, 0.15) is 27.2 Å². The maximum atomic E-state index is 12.4. The smallest absolute Gasteiger partial charge is 0.411 e. The molecule has 0 rings (SSSR count). The number of rotatable bonds is 10. The molecule has 0 fully saturated rings. The van der Waals surface area contributed by atoms with Gasteiger partial charge in [0, 0.05) is 8.07 Å². The second kappa shape index (κ2) is 10.4. The van der Waals surface area contributed by atoms with Gasteiger partial charge in [-0.3, -0.25) is 14.5 Å². The van der Waals surface area contributed by atoms with Crippen molar-refractivity contribution in [2.24, 2.45) is 5.73 Å².